The average Bonchev–Trinajstić information content (AvgIpc) is 3.13. The number of alkyl halides is 3. The fraction of sp³-hybridized carbons (Fsp3) is 0.526. The Balaban J connectivity index is 1.59. The van der Waals surface area contributed by atoms with Crippen LogP contribution in [-0.4, -0.2) is 63.9 Å². The lowest BCUT2D eigenvalue weighted by Crippen LogP contribution is -2.30. The molecule has 164 valence electrons. The zero-order chi connectivity index (χ0) is 21.4. The topological polar surface area (TPSA) is 72.3 Å². The Hall–Kier alpha value is -2.27. The van der Waals surface area contributed by atoms with Gasteiger partial charge in [-0.1, -0.05) is 36.4 Å². The van der Waals surface area contributed by atoms with Gasteiger partial charge in [0.05, 0.1) is 6.54 Å². The molecule has 1 amide bonds. The van der Waals surface area contributed by atoms with Crippen LogP contribution in [0.15, 0.2) is 35.5 Å². The molecule has 1 aliphatic heterocycles. The first-order valence-corrected chi connectivity index (χ1v) is 10.7. The van der Waals surface area contributed by atoms with Crippen LogP contribution in [0.4, 0.5) is 18.0 Å². The number of nitrogens with one attached hydrogen (secondary N) is 1. The van der Waals surface area contributed by atoms with Crippen LogP contribution >= 0.6 is 11.8 Å². The highest BCUT2D eigenvalue weighted by atomic mass is 32.2. The number of carbonyl (C=O) groups is 1. The van der Waals surface area contributed by atoms with Gasteiger partial charge in [0.2, 0.25) is 0 Å². The normalized spacial score (nSPS) is 15.2. The maximum absolute atomic E-state index is 12.1. The fourth-order valence-corrected chi connectivity index (χ4v) is 3.97. The van der Waals surface area contributed by atoms with Crippen molar-refractivity contribution in [3.8, 4) is 5.69 Å². The molecule has 30 heavy (non-hydrogen) atoms. The molecular weight excluding hydrogens is 419 g/mol. The lowest BCUT2D eigenvalue weighted by atomic mass is 10.1. The van der Waals surface area contributed by atoms with Crippen molar-refractivity contribution in [2.24, 2.45) is 0 Å². The number of ether oxygens (including phenoxy) is 1. The van der Waals surface area contributed by atoms with Crippen molar-refractivity contribution >= 4 is 17.9 Å². The lowest BCUT2D eigenvalue weighted by molar-refractivity contribution is -0.160. The number of aromatic nitrogens is 3. The van der Waals surface area contributed by atoms with Crippen molar-refractivity contribution in [3.05, 3.63) is 36.2 Å². The Morgan fingerprint density at radius 1 is 1.13 bits per heavy atom. The summed E-state index contributed by atoms with van der Waals surface area (Å²) < 4.78 is 42.3. The van der Waals surface area contributed by atoms with Gasteiger partial charge >= 0.3 is 12.3 Å². The van der Waals surface area contributed by atoms with E-state index < -0.39 is 18.9 Å². The van der Waals surface area contributed by atoms with E-state index in [0.717, 1.165) is 24.6 Å². The SMILES string of the molecule is O=C(NCCSc1nnc(CN2CCCCC2)n1-c1ccccc1)OCC(F)(F)F. The first kappa shape index (κ1) is 22.4. The Bertz CT molecular complexity index is 810. The number of carbonyl (C=O) groups excluding carboxylic acids is 1. The van der Waals surface area contributed by atoms with Gasteiger partial charge in [-0.2, -0.15) is 13.2 Å². The molecule has 7 nitrogen and oxygen atoms in total. The van der Waals surface area contributed by atoms with E-state index in [2.05, 4.69) is 25.2 Å². The Morgan fingerprint density at radius 2 is 1.87 bits per heavy atom. The van der Waals surface area contributed by atoms with Gasteiger partial charge in [0.25, 0.3) is 0 Å². The van der Waals surface area contributed by atoms with Gasteiger partial charge in [-0.15, -0.1) is 10.2 Å². The molecule has 2 heterocycles. The highest BCUT2D eigenvalue weighted by Gasteiger charge is 2.29. The number of hydrogen-bond acceptors (Lipinski definition) is 6. The third-order valence-corrected chi connectivity index (χ3v) is 5.43. The summed E-state index contributed by atoms with van der Waals surface area (Å²) in [5.74, 6) is 1.25. The van der Waals surface area contributed by atoms with E-state index in [4.69, 9.17) is 0 Å². The molecule has 1 N–H and O–H groups in total. The first-order valence-electron chi connectivity index (χ1n) is 9.74. The highest BCUT2D eigenvalue weighted by molar-refractivity contribution is 7.99. The molecule has 11 heteroatoms. The standard InChI is InChI=1S/C19H24F3N5O2S/c20-19(21,22)14-29-18(28)23-9-12-30-17-25-24-16(13-26-10-5-2-6-11-26)27(17)15-7-3-1-4-8-15/h1,3-4,7-8H,2,5-6,9-14H2,(H,23,28). The van der Waals surface area contributed by atoms with Gasteiger partial charge < -0.3 is 10.1 Å². The molecule has 2 aromatic rings. The second-order valence-corrected chi connectivity index (χ2v) is 7.94. The van der Waals surface area contributed by atoms with Crippen LogP contribution in [0.3, 0.4) is 0 Å². The Morgan fingerprint density at radius 3 is 2.57 bits per heavy atom. The summed E-state index contributed by atoms with van der Waals surface area (Å²) in [5.41, 5.74) is 0.939. The molecule has 0 unspecified atom stereocenters. The number of hydrogen-bond donors (Lipinski definition) is 1. The molecule has 0 aliphatic carbocycles. The molecule has 1 saturated heterocycles. The number of thioether (sulfide) groups is 1. The zero-order valence-corrected chi connectivity index (χ0v) is 17.2. The van der Waals surface area contributed by atoms with Crippen LogP contribution < -0.4 is 5.32 Å². The van der Waals surface area contributed by atoms with E-state index in [1.54, 1.807) is 0 Å². The maximum atomic E-state index is 12.1. The van der Waals surface area contributed by atoms with Crippen LogP contribution in [0.2, 0.25) is 0 Å². The molecule has 0 atom stereocenters. The Kier molecular flexibility index (Phi) is 7.97. The van der Waals surface area contributed by atoms with Gasteiger partial charge in [0.1, 0.15) is 0 Å². The first-order chi connectivity index (χ1) is 14.4. The number of rotatable bonds is 8. The number of para-hydroxylation sites is 1. The molecule has 0 spiro atoms. The van der Waals surface area contributed by atoms with E-state index >= 15 is 0 Å². The second-order valence-electron chi connectivity index (χ2n) is 6.87. The van der Waals surface area contributed by atoms with Gasteiger partial charge in [0.15, 0.2) is 17.6 Å². The molecular formula is C19H24F3N5O2S. The van der Waals surface area contributed by atoms with E-state index in [9.17, 15) is 18.0 Å². The predicted molar refractivity (Wildman–Crippen MR) is 107 cm³/mol. The number of halogens is 3. The minimum absolute atomic E-state index is 0.143. The summed E-state index contributed by atoms with van der Waals surface area (Å²) >= 11 is 1.37. The summed E-state index contributed by atoms with van der Waals surface area (Å²) in [7, 11) is 0. The van der Waals surface area contributed by atoms with Crippen molar-refractivity contribution in [1.82, 2.24) is 25.0 Å². The van der Waals surface area contributed by atoms with Crippen LogP contribution in [0.1, 0.15) is 25.1 Å². The largest absolute Gasteiger partial charge is 0.440 e. The monoisotopic (exact) mass is 443 g/mol. The number of nitrogens with zero attached hydrogens (tertiary/aromatic N) is 4. The smallest absolute Gasteiger partial charge is 0.422 e. The van der Waals surface area contributed by atoms with Crippen molar-refractivity contribution in [2.45, 2.75) is 37.1 Å². The molecule has 1 fully saturated rings. The van der Waals surface area contributed by atoms with Crippen LogP contribution in [0.5, 0.6) is 0 Å². The van der Waals surface area contributed by atoms with Crippen molar-refractivity contribution in [2.75, 3.05) is 32.0 Å². The molecule has 3 rings (SSSR count). The maximum Gasteiger partial charge on any atom is 0.422 e. The van der Waals surface area contributed by atoms with Crippen LogP contribution in [0.25, 0.3) is 5.69 Å². The number of amides is 1. The van der Waals surface area contributed by atoms with Crippen LogP contribution in [0, 0.1) is 0 Å². The van der Waals surface area contributed by atoms with Crippen LogP contribution in [-0.2, 0) is 11.3 Å². The molecule has 0 saturated carbocycles. The fourth-order valence-electron chi connectivity index (χ4n) is 3.14. The van der Waals surface area contributed by atoms with Crippen molar-refractivity contribution in [3.63, 3.8) is 0 Å². The zero-order valence-electron chi connectivity index (χ0n) is 16.4. The molecule has 0 radical (unpaired) electrons. The highest BCUT2D eigenvalue weighted by Crippen LogP contribution is 2.23. The lowest BCUT2D eigenvalue weighted by Gasteiger charge is -2.26. The average molecular weight is 443 g/mol. The third-order valence-electron chi connectivity index (χ3n) is 4.50. The number of piperidine rings is 1. The summed E-state index contributed by atoms with van der Waals surface area (Å²) in [4.78, 5) is 13.7. The molecule has 1 aromatic carbocycles. The number of benzene rings is 1. The number of likely N-dealkylation sites (tertiary alicyclic amines) is 1. The Labute approximate surface area is 177 Å². The van der Waals surface area contributed by atoms with Crippen molar-refractivity contribution in [1.29, 1.82) is 0 Å². The molecule has 1 aromatic heterocycles. The predicted octanol–water partition coefficient (Wildman–Crippen LogP) is 3.63. The van der Waals surface area contributed by atoms with Gasteiger partial charge in [-0.25, -0.2) is 4.79 Å². The van der Waals surface area contributed by atoms with E-state index in [1.165, 1.54) is 31.0 Å². The van der Waals surface area contributed by atoms with Crippen molar-refractivity contribution < 1.29 is 22.7 Å². The van der Waals surface area contributed by atoms with E-state index in [1.807, 2.05) is 34.9 Å². The van der Waals surface area contributed by atoms with E-state index in [0.29, 0.717) is 17.5 Å². The summed E-state index contributed by atoms with van der Waals surface area (Å²) in [5, 5.41) is 11.6. The third kappa shape index (κ3) is 6.91. The number of alkyl carbamates (subject to hydrolysis) is 1. The summed E-state index contributed by atoms with van der Waals surface area (Å²) in [6.45, 7) is 1.31. The van der Waals surface area contributed by atoms with E-state index in [-0.39, 0.29) is 6.54 Å². The molecule has 0 bridgehead atoms. The minimum Gasteiger partial charge on any atom is -0.440 e. The van der Waals surface area contributed by atoms with Gasteiger partial charge in [-0.05, 0) is 38.1 Å². The minimum atomic E-state index is -4.54. The second kappa shape index (κ2) is 10.7. The molecule has 1 aliphatic rings. The quantitative estimate of drug-likeness (QED) is 0.496. The van der Waals surface area contributed by atoms with Gasteiger partial charge in [0, 0.05) is 18.0 Å². The summed E-state index contributed by atoms with van der Waals surface area (Å²) in [6, 6.07) is 9.75. The summed E-state index contributed by atoms with van der Waals surface area (Å²) in [6.07, 6.45) is -2.03. The van der Waals surface area contributed by atoms with Gasteiger partial charge in [-0.3, -0.25) is 9.47 Å².